The van der Waals surface area contributed by atoms with Crippen molar-refractivity contribution >= 4 is 5.91 Å². The van der Waals surface area contributed by atoms with Gasteiger partial charge in [0.1, 0.15) is 0 Å². The second-order valence-corrected chi connectivity index (χ2v) is 5.11. The van der Waals surface area contributed by atoms with E-state index in [-0.39, 0.29) is 5.91 Å². The monoisotopic (exact) mass is 246 g/mol. The predicted octanol–water partition coefficient (Wildman–Crippen LogP) is 2.11. The van der Waals surface area contributed by atoms with Crippen molar-refractivity contribution in [3.63, 3.8) is 0 Å². The fourth-order valence-corrected chi connectivity index (χ4v) is 2.45. The van der Waals surface area contributed by atoms with E-state index >= 15 is 0 Å². The number of rotatable bonds is 4. The van der Waals surface area contributed by atoms with Crippen molar-refractivity contribution in [2.45, 2.75) is 26.2 Å². The summed E-state index contributed by atoms with van der Waals surface area (Å²) < 4.78 is 0. The average molecular weight is 246 g/mol. The van der Waals surface area contributed by atoms with Crippen LogP contribution in [0.3, 0.4) is 0 Å². The Morgan fingerprint density at radius 2 is 2.17 bits per heavy atom. The highest BCUT2D eigenvalue weighted by molar-refractivity contribution is 5.94. The molecule has 0 atom stereocenters. The van der Waals surface area contributed by atoms with Gasteiger partial charge in [0.25, 0.3) is 5.91 Å². The Labute approximate surface area is 109 Å². The Balaban J connectivity index is 1.74. The molecular formula is C15H22N2O. The molecule has 1 aromatic rings. The average Bonchev–Trinajstić information content (AvgIpc) is 2.40. The van der Waals surface area contributed by atoms with E-state index in [1.165, 1.54) is 12.8 Å². The van der Waals surface area contributed by atoms with Crippen molar-refractivity contribution in [1.82, 2.24) is 10.6 Å². The number of aryl methyl sites for hydroxylation is 1. The number of amides is 1. The normalized spacial score (nSPS) is 16.5. The Morgan fingerprint density at radius 3 is 2.89 bits per heavy atom. The summed E-state index contributed by atoms with van der Waals surface area (Å²) in [6, 6.07) is 7.73. The fraction of sp³-hybridized carbons (Fsp3) is 0.533. The SMILES string of the molecule is Cc1cccc(C(=O)NCCC2CCNCC2)c1. The quantitative estimate of drug-likeness (QED) is 0.854. The molecule has 3 heteroatoms. The van der Waals surface area contributed by atoms with Gasteiger partial charge >= 0.3 is 0 Å². The van der Waals surface area contributed by atoms with Gasteiger partial charge < -0.3 is 10.6 Å². The molecule has 0 aliphatic carbocycles. The summed E-state index contributed by atoms with van der Waals surface area (Å²) in [6.07, 6.45) is 3.57. The molecule has 3 nitrogen and oxygen atoms in total. The van der Waals surface area contributed by atoms with Crippen LogP contribution in [0.4, 0.5) is 0 Å². The van der Waals surface area contributed by atoms with Crippen molar-refractivity contribution in [3.8, 4) is 0 Å². The van der Waals surface area contributed by atoms with Crippen LogP contribution in [0.25, 0.3) is 0 Å². The van der Waals surface area contributed by atoms with Crippen LogP contribution in [0.15, 0.2) is 24.3 Å². The van der Waals surface area contributed by atoms with Crippen LogP contribution in [0.1, 0.15) is 35.2 Å². The minimum absolute atomic E-state index is 0.0487. The molecule has 0 unspecified atom stereocenters. The number of carbonyl (C=O) groups is 1. The highest BCUT2D eigenvalue weighted by Crippen LogP contribution is 2.14. The molecule has 98 valence electrons. The Hall–Kier alpha value is -1.35. The molecule has 0 radical (unpaired) electrons. The number of piperidine rings is 1. The summed E-state index contributed by atoms with van der Waals surface area (Å²) in [5.74, 6) is 0.816. The molecule has 1 aromatic carbocycles. The molecule has 2 N–H and O–H groups in total. The molecule has 1 aliphatic rings. The van der Waals surface area contributed by atoms with Crippen LogP contribution in [0.5, 0.6) is 0 Å². The van der Waals surface area contributed by atoms with Gasteiger partial charge in [-0.05, 0) is 57.3 Å². The number of benzene rings is 1. The predicted molar refractivity (Wildman–Crippen MR) is 73.7 cm³/mol. The third kappa shape index (κ3) is 3.84. The summed E-state index contributed by atoms with van der Waals surface area (Å²) in [6.45, 7) is 5.04. The summed E-state index contributed by atoms with van der Waals surface area (Å²) in [5, 5.41) is 6.37. The zero-order valence-electron chi connectivity index (χ0n) is 11.0. The number of hydrogen-bond acceptors (Lipinski definition) is 2. The van der Waals surface area contributed by atoms with Gasteiger partial charge in [0.2, 0.25) is 0 Å². The highest BCUT2D eigenvalue weighted by atomic mass is 16.1. The van der Waals surface area contributed by atoms with Crippen molar-refractivity contribution in [1.29, 1.82) is 0 Å². The first-order valence-corrected chi connectivity index (χ1v) is 6.81. The van der Waals surface area contributed by atoms with Crippen LogP contribution in [-0.2, 0) is 0 Å². The van der Waals surface area contributed by atoms with E-state index in [4.69, 9.17) is 0 Å². The van der Waals surface area contributed by atoms with E-state index in [1.807, 2.05) is 31.2 Å². The molecule has 2 rings (SSSR count). The minimum atomic E-state index is 0.0487. The maximum Gasteiger partial charge on any atom is 0.251 e. The first-order chi connectivity index (χ1) is 8.75. The van der Waals surface area contributed by atoms with Crippen LogP contribution in [-0.4, -0.2) is 25.5 Å². The molecule has 18 heavy (non-hydrogen) atoms. The molecule has 1 saturated heterocycles. The van der Waals surface area contributed by atoms with E-state index in [0.29, 0.717) is 0 Å². The zero-order chi connectivity index (χ0) is 12.8. The molecule has 1 fully saturated rings. The van der Waals surface area contributed by atoms with Crippen molar-refractivity contribution in [2.75, 3.05) is 19.6 Å². The number of nitrogens with one attached hydrogen (secondary N) is 2. The lowest BCUT2D eigenvalue weighted by molar-refractivity contribution is 0.0950. The topological polar surface area (TPSA) is 41.1 Å². The lowest BCUT2D eigenvalue weighted by Gasteiger charge is -2.22. The fourth-order valence-electron chi connectivity index (χ4n) is 2.45. The third-order valence-corrected chi connectivity index (χ3v) is 3.58. The van der Waals surface area contributed by atoms with Crippen molar-refractivity contribution in [2.24, 2.45) is 5.92 Å². The maximum atomic E-state index is 11.9. The summed E-state index contributed by atoms with van der Waals surface area (Å²) in [5.41, 5.74) is 1.89. The van der Waals surface area contributed by atoms with Gasteiger partial charge in [0.15, 0.2) is 0 Å². The smallest absolute Gasteiger partial charge is 0.251 e. The Kier molecular flexibility index (Phi) is 4.76. The van der Waals surface area contributed by atoms with Gasteiger partial charge in [0.05, 0.1) is 0 Å². The van der Waals surface area contributed by atoms with E-state index in [0.717, 1.165) is 43.1 Å². The van der Waals surface area contributed by atoms with Gasteiger partial charge in [0, 0.05) is 12.1 Å². The second-order valence-electron chi connectivity index (χ2n) is 5.11. The van der Waals surface area contributed by atoms with Crippen LogP contribution < -0.4 is 10.6 Å². The van der Waals surface area contributed by atoms with Crippen LogP contribution >= 0.6 is 0 Å². The lowest BCUT2D eigenvalue weighted by Crippen LogP contribution is -2.31. The van der Waals surface area contributed by atoms with Gasteiger partial charge in [-0.15, -0.1) is 0 Å². The second kappa shape index (κ2) is 6.55. The van der Waals surface area contributed by atoms with Gasteiger partial charge in [-0.1, -0.05) is 17.7 Å². The molecule has 0 saturated carbocycles. The largest absolute Gasteiger partial charge is 0.352 e. The maximum absolute atomic E-state index is 11.9. The van der Waals surface area contributed by atoms with E-state index in [9.17, 15) is 4.79 Å². The molecule has 1 amide bonds. The summed E-state index contributed by atoms with van der Waals surface area (Å²) in [7, 11) is 0. The van der Waals surface area contributed by atoms with Gasteiger partial charge in [-0.25, -0.2) is 0 Å². The Morgan fingerprint density at radius 1 is 1.39 bits per heavy atom. The first kappa shape index (κ1) is 13.1. The van der Waals surface area contributed by atoms with E-state index in [2.05, 4.69) is 10.6 Å². The number of hydrogen-bond donors (Lipinski definition) is 2. The molecule has 0 spiro atoms. The summed E-state index contributed by atoms with van der Waals surface area (Å²) >= 11 is 0. The minimum Gasteiger partial charge on any atom is -0.352 e. The molecule has 0 aromatic heterocycles. The van der Waals surface area contributed by atoms with E-state index < -0.39 is 0 Å². The molecule has 1 aliphatic heterocycles. The van der Waals surface area contributed by atoms with Crippen LogP contribution in [0, 0.1) is 12.8 Å². The lowest BCUT2D eigenvalue weighted by atomic mass is 9.95. The Bertz CT molecular complexity index is 397. The van der Waals surface area contributed by atoms with Crippen LogP contribution in [0.2, 0.25) is 0 Å². The standard InChI is InChI=1S/C15H22N2O/c1-12-3-2-4-14(11-12)15(18)17-10-7-13-5-8-16-9-6-13/h2-4,11,13,16H,5-10H2,1H3,(H,17,18). The van der Waals surface area contributed by atoms with Gasteiger partial charge in [-0.2, -0.15) is 0 Å². The molecule has 0 bridgehead atoms. The zero-order valence-corrected chi connectivity index (χ0v) is 11.0. The third-order valence-electron chi connectivity index (χ3n) is 3.58. The van der Waals surface area contributed by atoms with Crippen molar-refractivity contribution < 1.29 is 4.79 Å². The summed E-state index contributed by atoms with van der Waals surface area (Å²) in [4.78, 5) is 11.9. The molecular weight excluding hydrogens is 224 g/mol. The first-order valence-electron chi connectivity index (χ1n) is 6.81. The van der Waals surface area contributed by atoms with E-state index in [1.54, 1.807) is 0 Å². The highest BCUT2D eigenvalue weighted by Gasteiger charge is 2.13. The van der Waals surface area contributed by atoms with Crippen molar-refractivity contribution in [3.05, 3.63) is 35.4 Å². The molecule has 1 heterocycles. The number of carbonyl (C=O) groups excluding carboxylic acids is 1. The van der Waals surface area contributed by atoms with Gasteiger partial charge in [-0.3, -0.25) is 4.79 Å².